The molecule has 0 fully saturated rings. The molecule has 2 aliphatic rings. The first kappa shape index (κ1) is 22.5. The van der Waals surface area contributed by atoms with Crippen molar-refractivity contribution < 1.29 is 30.0 Å². The number of aromatic hydroxyl groups is 2. The van der Waals surface area contributed by atoms with Gasteiger partial charge in [-0.3, -0.25) is 9.59 Å². The minimum Gasteiger partial charge on any atom is -0.507 e. The van der Waals surface area contributed by atoms with Gasteiger partial charge in [0, 0.05) is 23.0 Å². The summed E-state index contributed by atoms with van der Waals surface area (Å²) in [5, 5.41) is 43.5. The van der Waals surface area contributed by atoms with E-state index >= 15 is 0 Å². The van der Waals surface area contributed by atoms with Crippen LogP contribution in [0.1, 0.15) is 82.5 Å². The van der Waals surface area contributed by atoms with Crippen LogP contribution in [0.15, 0.2) is 12.1 Å². The van der Waals surface area contributed by atoms with E-state index in [1.54, 1.807) is 26.0 Å². The second-order valence-electron chi connectivity index (χ2n) is 9.92. The first-order chi connectivity index (χ1) is 14.9. The molecule has 0 heterocycles. The minimum absolute atomic E-state index is 0.0120. The third kappa shape index (κ3) is 2.86. The number of phenolic OH excluding ortho intramolecular Hbond substituents is 2. The molecule has 4 N–H and O–H groups in total. The molecule has 0 saturated carbocycles. The Labute approximate surface area is 187 Å². The summed E-state index contributed by atoms with van der Waals surface area (Å²) < 4.78 is 0. The summed E-state index contributed by atoms with van der Waals surface area (Å²) >= 11 is 0. The van der Waals surface area contributed by atoms with Gasteiger partial charge in [0.1, 0.15) is 23.7 Å². The average Bonchev–Trinajstić information content (AvgIpc) is 3.08. The molecule has 6 heteroatoms. The van der Waals surface area contributed by atoms with Gasteiger partial charge in [-0.1, -0.05) is 39.8 Å². The summed E-state index contributed by atoms with van der Waals surface area (Å²) in [4.78, 5) is 25.7. The van der Waals surface area contributed by atoms with Crippen molar-refractivity contribution in [3.05, 3.63) is 45.5 Å². The topological polar surface area (TPSA) is 115 Å². The zero-order valence-corrected chi connectivity index (χ0v) is 19.2. The van der Waals surface area contributed by atoms with E-state index in [2.05, 4.69) is 0 Å². The number of benzene rings is 2. The quantitative estimate of drug-likeness (QED) is 0.576. The number of aliphatic hydroxyl groups is 2. The van der Waals surface area contributed by atoms with E-state index < -0.39 is 35.6 Å². The highest BCUT2D eigenvalue weighted by atomic mass is 16.3. The standard InChI is InChI=1S/C26H30O6/c1-9(2)15-13-7-11(5)17(21(27)19(13)25(31)23(15)29)18-12(6)8-14-16(10(3)4)24(30)26(32)20(14)22(18)28/h7-10,15-16,23-24,27-30H,1-6H3/t15-,16-,23-,24-/m1/s1. The number of aryl methyl sites for hydroxylation is 2. The van der Waals surface area contributed by atoms with Crippen molar-refractivity contribution in [3.8, 4) is 22.6 Å². The van der Waals surface area contributed by atoms with Gasteiger partial charge in [-0.25, -0.2) is 0 Å². The van der Waals surface area contributed by atoms with Gasteiger partial charge in [0.15, 0.2) is 11.6 Å². The van der Waals surface area contributed by atoms with Crippen LogP contribution in [0, 0.1) is 25.7 Å². The molecular weight excluding hydrogens is 408 g/mol. The van der Waals surface area contributed by atoms with E-state index in [9.17, 15) is 30.0 Å². The zero-order valence-electron chi connectivity index (χ0n) is 19.2. The van der Waals surface area contributed by atoms with Gasteiger partial charge >= 0.3 is 0 Å². The van der Waals surface area contributed by atoms with Gasteiger partial charge in [0.2, 0.25) is 0 Å². The van der Waals surface area contributed by atoms with Crippen molar-refractivity contribution in [2.45, 2.75) is 65.6 Å². The molecule has 2 aromatic rings. The molecule has 6 nitrogen and oxygen atoms in total. The van der Waals surface area contributed by atoms with Crippen molar-refractivity contribution in [2.24, 2.45) is 11.8 Å². The SMILES string of the molecule is Cc1cc2c(c(O)c1-c1c(C)cc3c(c1O)C(=O)[C@H](O)[C@@H]3C(C)C)C(=O)[C@H](O)[C@@H]2C(C)C. The van der Waals surface area contributed by atoms with E-state index in [4.69, 9.17) is 0 Å². The van der Waals surface area contributed by atoms with Gasteiger partial charge in [0.25, 0.3) is 0 Å². The molecule has 2 aliphatic carbocycles. The number of Topliss-reactive ketones (excluding diaryl/α,β-unsaturated/α-hetero) is 2. The van der Waals surface area contributed by atoms with Crippen molar-refractivity contribution in [3.63, 3.8) is 0 Å². The first-order valence-corrected chi connectivity index (χ1v) is 11.1. The third-order valence-electron chi connectivity index (χ3n) is 7.17. The molecule has 0 aliphatic heterocycles. The predicted molar refractivity (Wildman–Crippen MR) is 121 cm³/mol. The summed E-state index contributed by atoms with van der Waals surface area (Å²) in [7, 11) is 0. The smallest absolute Gasteiger partial charge is 0.195 e. The molecule has 0 aromatic heterocycles. The van der Waals surface area contributed by atoms with Crippen LogP contribution in [0.4, 0.5) is 0 Å². The summed E-state index contributed by atoms with van der Waals surface area (Å²) in [5.41, 5.74) is 3.12. The van der Waals surface area contributed by atoms with Gasteiger partial charge in [-0.05, 0) is 47.9 Å². The molecule has 170 valence electrons. The van der Waals surface area contributed by atoms with Crippen molar-refractivity contribution in [1.29, 1.82) is 0 Å². The Morgan fingerprint density at radius 3 is 1.25 bits per heavy atom. The molecule has 32 heavy (non-hydrogen) atoms. The van der Waals surface area contributed by atoms with Gasteiger partial charge in [0.05, 0.1) is 11.1 Å². The second-order valence-corrected chi connectivity index (χ2v) is 9.92. The Balaban J connectivity index is 2.00. The van der Waals surface area contributed by atoms with Gasteiger partial charge in [-0.2, -0.15) is 0 Å². The minimum atomic E-state index is -1.23. The highest BCUT2D eigenvalue weighted by Gasteiger charge is 2.45. The number of fused-ring (bicyclic) bond motifs is 2. The summed E-state index contributed by atoms with van der Waals surface area (Å²) in [6, 6.07) is 3.56. The molecular formula is C26H30O6. The number of rotatable bonds is 3. The lowest BCUT2D eigenvalue weighted by Gasteiger charge is -2.22. The van der Waals surface area contributed by atoms with E-state index in [1.807, 2.05) is 27.7 Å². The largest absolute Gasteiger partial charge is 0.507 e. The number of carbonyl (C=O) groups is 2. The highest BCUT2D eigenvalue weighted by Crippen LogP contribution is 2.52. The third-order valence-corrected chi connectivity index (χ3v) is 7.17. The molecule has 0 spiro atoms. The van der Waals surface area contributed by atoms with Gasteiger partial charge in [-0.15, -0.1) is 0 Å². The Morgan fingerprint density at radius 2 is 0.969 bits per heavy atom. The maximum Gasteiger partial charge on any atom is 0.195 e. The highest BCUT2D eigenvalue weighted by molar-refractivity contribution is 6.11. The van der Waals surface area contributed by atoms with Crippen molar-refractivity contribution in [2.75, 3.05) is 0 Å². The monoisotopic (exact) mass is 438 g/mol. The molecule has 0 unspecified atom stereocenters. The summed E-state index contributed by atoms with van der Waals surface area (Å²) in [6.45, 7) is 11.2. The second kappa shape index (κ2) is 7.42. The fourth-order valence-corrected chi connectivity index (χ4v) is 5.74. The summed E-state index contributed by atoms with van der Waals surface area (Å²) in [6.07, 6.45) is -2.47. The number of hydrogen-bond donors (Lipinski definition) is 4. The van der Waals surface area contributed by atoms with E-state index in [-0.39, 0.29) is 45.6 Å². The fraction of sp³-hybridized carbons (Fsp3) is 0.462. The van der Waals surface area contributed by atoms with Crippen LogP contribution < -0.4 is 0 Å². The molecule has 0 bridgehead atoms. The Kier molecular flexibility index (Phi) is 5.22. The fourth-order valence-electron chi connectivity index (χ4n) is 5.74. The van der Waals surface area contributed by atoms with Crippen molar-refractivity contribution in [1.82, 2.24) is 0 Å². The van der Waals surface area contributed by atoms with Crippen LogP contribution in [0.3, 0.4) is 0 Å². The molecule has 4 rings (SSSR count). The molecule has 2 aromatic carbocycles. The van der Waals surface area contributed by atoms with E-state index in [1.165, 1.54) is 0 Å². The van der Waals surface area contributed by atoms with Crippen LogP contribution in [0.5, 0.6) is 11.5 Å². The van der Waals surface area contributed by atoms with E-state index in [0.717, 1.165) is 0 Å². The predicted octanol–water partition coefficient (Wildman–Crippen LogP) is 3.98. The van der Waals surface area contributed by atoms with E-state index in [0.29, 0.717) is 22.3 Å². The van der Waals surface area contributed by atoms with Crippen LogP contribution in [-0.4, -0.2) is 44.2 Å². The molecule has 0 radical (unpaired) electrons. The number of ketones is 2. The average molecular weight is 439 g/mol. The number of carbonyl (C=O) groups excluding carboxylic acids is 2. The Bertz CT molecular complexity index is 1070. The summed E-state index contributed by atoms with van der Waals surface area (Å²) in [5.74, 6) is -2.54. The van der Waals surface area contributed by atoms with Crippen LogP contribution >= 0.6 is 0 Å². The normalized spacial score (nSPS) is 24.6. The Hall–Kier alpha value is -2.70. The molecule has 0 amide bonds. The lowest BCUT2D eigenvalue weighted by molar-refractivity contribution is 0.0692. The number of phenols is 2. The number of hydrogen-bond acceptors (Lipinski definition) is 6. The van der Waals surface area contributed by atoms with Crippen molar-refractivity contribution >= 4 is 11.6 Å². The number of aliphatic hydroxyl groups excluding tert-OH is 2. The zero-order chi connectivity index (χ0) is 23.8. The lowest BCUT2D eigenvalue weighted by atomic mass is 9.83. The molecule has 0 saturated heterocycles. The first-order valence-electron chi connectivity index (χ1n) is 11.1. The van der Waals surface area contributed by atoms with Crippen LogP contribution in [0.25, 0.3) is 11.1 Å². The van der Waals surface area contributed by atoms with Gasteiger partial charge < -0.3 is 20.4 Å². The molecule has 4 atom stereocenters. The van der Waals surface area contributed by atoms with Crippen LogP contribution in [0.2, 0.25) is 0 Å². The maximum atomic E-state index is 12.8. The lowest BCUT2D eigenvalue weighted by Crippen LogP contribution is -2.23. The van der Waals surface area contributed by atoms with Crippen LogP contribution in [-0.2, 0) is 0 Å². The maximum absolute atomic E-state index is 12.8. The Morgan fingerprint density at radius 1 is 0.656 bits per heavy atom.